The molecule has 1 heterocycles. The van der Waals surface area contributed by atoms with Crippen LogP contribution >= 0.6 is 0 Å². The summed E-state index contributed by atoms with van der Waals surface area (Å²) >= 11 is 0. The van der Waals surface area contributed by atoms with Gasteiger partial charge in [0.05, 0.1) is 11.6 Å². The van der Waals surface area contributed by atoms with Gasteiger partial charge in [-0.1, -0.05) is 6.92 Å². The topological polar surface area (TPSA) is 57.6 Å². The van der Waals surface area contributed by atoms with Crippen molar-refractivity contribution in [1.82, 2.24) is 0 Å². The molecule has 0 saturated carbocycles. The van der Waals surface area contributed by atoms with Gasteiger partial charge in [0.1, 0.15) is 0 Å². The van der Waals surface area contributed by atoms with Gasteiger partial charge in [-0.05, 0) is 25.0 Å². The molecule has 1 N–H and O–H groups in total. The SMILES string of the molecule is CC1CC(=O)N(c2ccc(F)c(F)c2F)C(C)C1C(=O)O. The van der Waals surface area contributed by atoms with Gasteiger partial charge in [-0.15, -0.1) is 0 Å². The van der Waals surface area contributed by atoms with E-state index in [1.165, 1.54) is 6.92 Å². The van der Waals surface area contributed by atoms with E-state index in [9.17, 15) is 27.9 Å². The van der Waals surface area contributed by atoms with E-state index in [1.807, 2.05) is 0 Å². The molecule has 3 unspecified atom stereocenters. The van der Waals surface area contributed by atoms with E-state index in [-0.39, 0.29) is 6.42 Å². The maximum atomic E-state index is 13.9. The molecule has 2 rings (SSSR count). The van der Waals surface area contributed by atoms with Crippen molar-refractivity contribution in [2.45, 2.75) is 26.3 Å². The number of hydrogen-bond acceptors (Lipinski definition) is 2. The molecular weight excluding hydrogens is 287 g/mol. The van der Waals surface area contributed by atoms with E-state index < -0.39 is 52.9 Å². The van der Waals surface area contributed by atoms with Crippen molar-refractivity contribution in [3.63, 3.8) is 0 Å². The number of amides is 1. The number of hydrogen-bond donors (Lipinski definition) is 1. The molecule has 0 spiro atoms. The number of carbonyl (C=O) groups excluding carboxylic acids is 1. The second kappa shape index (κ2) is 5.38. The number of piperidine rings is 1. The Morgan fingerprint density at radius 1 is 1.24 bits per heavy atom. The molecule has 0 aromatic heterocycles. The van der Waals surface area contributed by atoms with Gasteiger partial charge in [0.25, 0.3) is 0 Å². The fourth-order valence-corrected chi connectivity index (χ4v) is 2.87. The molecule has 3 atom stereocenters. The summed E-state index contributed by atoms with van der Waals surface area (Å²) in [7, 11) is 0. The Kier molecular flexibility index (Phi) is 3.93. The number of benzene rings is 1. The van der Waals surface area contributed by atoms with Crippen molar-refractivity contribution in [3.8, 4) is 0 Å². The number of anilines is 1. The average molecular weight is 301 g/mol. The van der Waals surface area contributed by atoms with Crippen molar-refractivity contribution in [1.29, 1.82) is 0 Å². The molecule has 1 amide bonds. The number of carboxylic acid groups (broad SMARTS) is 1. The van der Waals surface area contributed by atoms with E-state index in [2.05, 4.69) is 0 Å². The first kappa shape index (κ1) is 15.3. The third-order valence-electron chi connectivity index (χ3n) is 3.86. The molecule has 1 aliphatic heterocycles. The Morgan fingerprint density at radius 2 is 1.86 bits per heavy atom. The smallest absolute Gasteiger partial charge is 0.308 e. The van der Waals surface area contributed by atoms with Crippen LogP contribution in [0.1, 0.15) is 20.3 Å². The third-order valence-corrected chi connectivity index (χ3v) is 3.86. The molecule has 1 fully saturated rings. The van der Waals surface area contributed by atoms with Crippen LogP contribution in [0.2, 0.25) is 0 Å². The second-order valence-electron chi connectivity index (χ2n) is 5.24. The van der Waals surface area contributed by atoms with E-state index in [4.69, 9.17) is 0 Å². The van der Waals surface area contributed by atoms with Gasteiger partial charge in [-0.3, -0.25) is 9.59 Å². The van der Waals surface area contributed by atoms with Crippen LogP contribution in [0, 0.1) is 29.3 Å². The standard InChI is InChI=1S/C14H14F3NO3/c1-6-5-10(19)18(7(2)11(6)14(20)21)9-4-3-8(15)12(16)13(9)17/h3-4,6-7,11H,5H2,1-2H3,(H,20,21). The Hall–Kier alpha value is -2.05. The van der Waals surface area contributed by atoms with Crippen LogP contribution in [-0.2, 0) is 9.59 Å². The second-order valence-corrected chi connectivity index (χ2v) is 5.24. The number of aliphatic carboxylic acids is 1. The summed E-state index contributed by atoms with van der Waals surface area (Å²) in [5.74, 6) is -7.50. The van der Waals surface area contributed by atoms with Gasteiger partial charge in [0.2, 0.25) is 5.91 Å². The van der Waals surface area contributed by atoms with E-state index in [1.54, 1.807) is 6.92 Å². The van der Waals surface area contributed by atoms with Crippen molar-refractivity contribution in [2.24, 2.45) is 11.8 Å². The van der Waals surface area contributed by atoms with Gasteiger partial charge < -0.3 is 10.0 Å². The summed E-state index contributed by atoms with van der Waals surface area (Å²) in [6, 6.07) is 0.789. The van der Waals surface area contributed by atoms with Crippen molar-refractivity contribution >= 4 is 17.6 Å². The first-order valence-electron chi connectivity index (χ1n) is 6.44. The highest BCUT2D eigenvalue weighted by molar-refractivity contribution is 5.96. The minimum atomic E-state index is -1.68. The van der Waals surface area contributed by atoms with Crippen LogP contribution in [0.4, 0.5) is 18.9 Å². The molecule has 4 nitrogen and oxygen atoms in total. The molecule has 0 aliphatic carbocycles. The van der Waals surface area contributed by atoms with Crippen molar-refractivity contribution in [2.75, 3.05) is 4.90 Å². The molecule has 1 saturated heterocycles. The largest absolute Gasteiger partial charge is 0.481 e. The zero-order valence-corrected chi connectivity index (χ0v) is 11.4. The molecule has 114 valence electrons. The number of halogens is 3. The van der Waals surface area contributed by atoms with Crippen molar-refractivity contribution in [3.05, 3.63) is 29.6 Å². The summed E-state index contributed by atoms with van der Waals surface area (Å²) in [4.78, 5) is 24.3. The van der Waals surface area contributed by atoms with E-state index >= 15 is 0 Å². The maximum Gasteiger partial charge on any atom is 0.308 e. The monoisotopic (exact) mass is 301 g/mol. The lowest BCUT2D eigenvalue weighted by Gasteiger charge is -2.40. The molecule has 1 aromatic carbocycles. The molecule has 1 aromatic rings. The number of rotatable bonds is 2. The normalized spacial score (nSPS) is 26.0. The molecule has 0 bridgehead atoms. The highest BCUT2D eigenvalue weighted by atomic mass is 19.2. The highest BCUT2D eigenvalue weighted by Gasteiger charge is 2.43. The Balaban J connectivity index is 2.49. The minimum Gasteiger partial charge on any atom is -0.481 e. The fraction of sp³-hybridized carbons (Fsp3) is 0.429. The Morgan fingerprint density at radius 3 is 2.43 bits per heavy atom. The predicted octanol–water partition coefficient (Wildman–Crippen LogP) is 2.57. The molecule has 1 aliphatic rings. The summed E-state index contributed by atoms with van der Waals surface area (Å²) in [6.07, 6.45) is -0.0975. The average Bonchev–Trinajstić information content (AvgIpc) is 2.37. The number of carbonyl (C=O) groups is 2. The first-order valence-corrected chi connectivity index (χ1v) is 6.44. The van der Waals surface area contributed by atoms with Crippen LogP contribution in [-0.4, -0.2) is 23.0 Å². The predicted molar refractivity (Wildman–Crippen MR) is 68.2 cm³/mol. The highest BCUT2D eigenvalue weighted by Crippen LogP contribution is 2.35. The Bertz CT molecular complexity index is 605. The van der Waals surface area contributed by atoms with Gasteiger partial charge in [0.15, 0.2) is 17.5 Å². The van der Waals surface area contributed by atoms with Crippen LogP contribution in [0.25, 0.3) is 0 Å². The lowest BCUT2D eigenvalue weighted by molar-refractivity contribution is -0.146. The molecular formula is C14H14F3NO3. The first-order chi connectivity index (χ1) is 9.75. The van der Waals surface area contributed by atoms with E-state index in [0.29, 0.717) is 6.07 Å². The quantitative estimate of drug-likeness (QED) is 0.854. The Labute approximate surface area is 119 Å². The maximum absolute atomic E-state index is 13.9. The minimum absolute atomic E-state index is 0.0975. The molecule has 7 heteroatoms. The molecule has 21 heavy (non-hydrogen) atoms. The lowest BCUT2D eigenvalue weighted by atomic mass is 9.80. The van der Waals surface area contributed by atoms with Gasteiger partial charge in [-0.2, -0.15) is 0 Å². The van der Waals surface area contributed by atoms with Gasteiger partial charge in [-0.25, -0.2) is 13.2 Å². The van der Waals surface area contributed by atoms with Crippen LogP contribution in [0.5, 0.6) is 0 Å². The zero-order chi connectivity index (χ0) is 15.9. The lowest BCUT2D eigenvalue weighted by Crippen LogP contribution is -2.53. The van der Waals surface area contributed by atoms with Gasteiger partial charge in [0, 0.05) is 12.5 Å². The van der Waals surface area contributed by atoms with Crippen LogP contribution in [0.15, 0.2) is 12.1 Å². The summed E-state index contributed by atoms with van der Waals surface area (Å²) in [5.41, 5.74) is -0.440. The third kappa shape index (κ3) is 2.48. The summed E-state index contributed by atoms with van der Waals surface area (Å²) in [6.45, 7) is 3.07. The summed E-state index contributed by atoms with van der Waals surface area (Å²) in [5, 5.41) is 9.23. The zero-order valence-electron chi connectivity index (χ0n) is 11.4. The van der Waals surface area contributed by atoms with Crippen LogP contribution < -0.4 is 4.90 Å². The van der Waals surface area contributed by atoms with E-state index in [0.717, 1.165) is 11.0 Å². The van der Waals surface area contributed by atoms with Crippen LogP contribution in [0.3, 0.4) is 0 Å². The van der Waals surface area contributed by atoms with Gasteiger partial charge >= 0.3 is 5.97 Å². The fourth-order valence-electron chi connectivity index (χ4n) is 2.87. The number of carboxylic acids is 1. The number of nitrogens with zero attached hydrogens (tertiary/aromatic N) is 1. The van der Waals surface area contributed by atoms with Crippen molar-refractivity contribution < 1.29 is 27.9 Å². The molecule has 0 radical (unpaired) electrons. The summed E-state index contributed by atoms with van der Waals surface area (Å²) < 4.78 is 40.2.